The molecule has 0 N–H and O–H groups in total. The van der Waals surface area contributed by atoms with Crippen LogP contribution in [0.25, 0.3) is 0 Å². The SMILES string of the molecule is COc1cnc(OC2CCN(Cc3cn(C)nc3C)CC2)nc1. The van der Waals surface area contributed by atoms with E-state index in [1.54, 1.807) is 19.5 Å². The third kappa shape index (κ3) is 3.98. The van der Waals surface area contributed by atoms with Gasteiger partial charge >= 0.3 is 6.01 Å². The van der Waals surface area contributed by atoms with Gasteiger partial charge in [0.2, 0.25) is 0 Å². The molecule has 0 atom stereocenters. The second-order valence-electron chi connectivity index (χ2n) is 5.91. The van der Waals surface area contributed by atoms with Gasteiger partial charge in [0, 0.05) is 38.4 Å². The highest BCUT2D eigenvalue weighted by Crippen LogP contribution is 2.19. The Labute approximate surface area is 136 Å². The van der Waals surface area contributed by atoms with Crippen molar-refractivity contribution >= 4 is 0 Å². The summed E-state index contributed by atoms with van der Waals surface area (Å²) < 4.78 is 12.8. The summed E-state index contributed by atoms with van der Waals surface area (Å²) in [6, 6.07) is 0.423. The van der Waals surface area contributed by atoms with E-state index in [9.17, 15) is 0 Å². The number of hydrogen-bond donors (Lipinski definition) is 0. The number of rotatable bonds is 5. The quantitative estimate of drug-likeness (QED) is 0.834. The maximum absolute atomic E-state index is 5.86. The Hall–Kier alpha value is -2.15. The summed E-state index contributed by atoms with van der Waals surface area (Å²) >= 11 is 0. The van der Waals surface area contributed by atoms with Crippen molar-refractivity contribution in [1.29, 1.82) is 0 Å². The average molecular weight is 317 g/mol. The molecule has 0 spiro atoms. The lowest BCUT2D eigenvalue weighted by molar-refractivity contribution is 0.0890. The van der Waals surface area contributed by atoms with E-state index in [-0.39, 0.29) is 6.10 Å². The van der Waals surface area contributed by atoms with Gasteiger partial charge in [-0.2, -0.15) is 15.1 Å². The molecule has 124 valence electrons. The van der Waals surface area contributed by atoms with Crippen molar-refractivity contribution in [3.63, 3.8) is 0 Å². The largest absolute Gasteiger partial charge is 0.494 e. The molecule has 1 saturated heterocycles. The highest BCUT2D eigenvalue weighted by Gasteiger charge is 2.22. The van der Waals surface area contributed by atoms with E-state index in [1.165, 1.54) is 5.56 Å². The Morgan fingerprint density at radius 3 is 2.48 bits per heavy atom. The Balaban J connectivity index is 1.49. The predicted molar refractivity (Wildman–Crippen MR) is 85.5 cm³/mol. The topological polar surface area (TPSA) is 65.3 Å². The van der Waals surface area contributed by atoms with Gasteiger partial charge in [0.1, 0.15) is 6.10 Å². The van der Waals surface area contributed by atoms with Gasteiger partial charge in [-0.1, -0.05) is 0 Å². The zero-order valence-electron chi connectivity index (χ0n) is 13.9. The van der Waals surface area contributed by atoms with Crippen molar-refractivity contribution in [1.82, 2.24) is 24.6 Å². The number of ether oxygens (including phenoxy) is 2. The normalized spacial score (nSPS) is 16.5. The Morgan fingerprint density at radius 1 is 1.22 bits per heavy atom. The second-order valence-corrected chi connectivity index (χ2v) is 5.91. The van der Waals surface area contributed by atoms with Crippen LogP contribution in [0.1, 0.15) is 24.1 Å². The molecule has 0 aromatic carbocycles. The zero-order chi connectivity index (χ0) is 16.2. The highest BCUT2D eigenvalue weighted by atomic mass is 16.5. The molecule has 1 aliphatic heterocycles. The summed E-state index contributed by atoms with van der Waals surface area (Å²) in [5.41, 5.74) is 2.41. The molecule has 3 heterocycles. The molecule has 0 saturated carbocycles. The van der Waals surface area contributed by atoms with E-state index in [4.69, 9.17) is 9.47 Å². The van der Waals surface area contributed by atoms with Crippen LogP contribution in [0.3, 0.4) is 0 Å². The lowest BCUT2D eigenvalue weighted by atomic mass is 10.1. The number of likely N-dealkylation sites (tertiary alicyclic amines) is 1. The second kappa shape index (κ2) is 6.95. The van der Waals surface area contributed by atoms with Gasteiger partial charge in [0.15, 0.2) is 5.75 Å². The monoisotopic (exact) mass is 317 g/mol. The highest BCUT2D eigenvalue weighted by molar-refractivity contribution is 5.15. The van der Waals surface area contributed by atoms with Crippen LogP contribution in [-0.2, 0) is 13.6 Å². The molecule has 7 nitrogen and oxygen atoms in total. The predicted octanol–water partition coefficient (Wildman–Crippen LogP) is 1.57. The molecular weight excluding hydrogens is 294 g/mol. The lowest BCUT2D eigenvalue weighted by Crippen LogP contribution is -2.38. The molecule has 23 heavy (non-hydrogen) atoms. The Kier molecular flexibility index (Phi) is 4.76. The van der Waals surface area contributed by atoms with Crippen LogP contribution in [0.5, 0.6) is 11.8 Å². The fourth-order valence-corrected chi connectivity index (χ4v) is 2.85. The van der Waals surface area contributed by atoms with E-state index in [1.807, 2.05) is 11.7 Å². The standard InChI is InChI=1S/C16H23N5O2/c1-12-13(10-20(2)19-12)11-21-6-4-14(5-7-21)23-16-17-8-15(22-3)9-18-16/h8-10,14H,4-7,11H2,1-3H3. The summed E-state index contributed by atoms with van der Waals surface area (Å²) in [7, 11) is 3.56. The summed E-state index contributed by atoms with van der Waals surface area (Å²) in [4.78, 5) is 10.8. The first-order chi connectivity index (χ1) is 11.1. The molecule has 2 aromatic heterocycles. The van der Waals surface area contributed by atoms with Crippen molar-refractivity contribution in [2.75, 3.05) is 20.2 Å². The molecule has 0 aliphatic carbocycles. The van der Waals surface area contributed by atoms with Gasteiger partial charge < -0.3 is 9.47 Å². The summed E-state index contributed by atoms with van der Waals surface area (Å²) in [5.74, 6) is 0.638. The fraction of sp³-hybridized carbons (Fsp3) is 0.562. The van der Waals surface area contributed by atoms with Gasteiger partial charge in [0.25, 0.3) is 0 Å². The van der Waals surface area contributed by atoms with Crippen LogP contribution in [0.2, 0.25) is 0 Å². The molecule has 2 aromatic rings. The first-order valence-corrected chi connectivity index (χ1v) is 7.88. The van der Waals surface area contributed by atoms with Crippen LogP contribution in [0.15, 0.2) is 18.6 Å². The first kappa shape index (κ1) is 15.7. The smallest absolute Gasteiger partial charge is 0.316 e. The van der Waals surface area contributed by atoms with E-state index in [0.29, 0.717) is 11.8 Å². The number of piperidine rings is 1. The van der Waals surface area contributed by atoms with Crippen molar-refractivity contribution < 1.29 is 9.47 Å². The molecule has 3 rings (SSSR count). The molecule has 0 radical (unpaired) electrons. The van der Waals surface area contributed by atoms with E-state index < -0.39 is 0 Å². The Bertz CT molecular complexity index is 632. The van der Waals surface area contributed by atoms with E-state index in [0.717, 1.165) is 38.2 Å². The van der Waals surface area contributed by atoms with Crippen molar-refractivity contribution in [2.24, 2.45) is 7.05 Å². The van der Waals surface area contributed by atoms with Gasteiger partial charge in [0.05, 0.1) is 25.2 Å². The molecule has 7 heteroatoms. The zero-order valence-corrected chi connectivity index (χ0v) is 13.9. The van der Waals surface area contributed by atoms with Crippen LogP contribution < -0.4 is 9.47 Å². The van der Waals surface area contributed by atoms with Crippen LogP contribution in [0, 0.1) is 6.92 Å². The minimum atomic E-state index is 0.176. The summed E-state index contributed by atoms with van der Waals surface area (Å²) in [5, 5.41) is 4.40. The number of hydrogen-bond acceptors (Lipinski definition) is 6. The van der Waals surface area contributed by atoms with Gasteiger partial charge in [-0.25, -0.2) is 0 Å². The van der Waals surface area contributed by atoms with Crippen molar-refractivity contribution in [3.05, 3.63) is 29.8 Å². The third-order valence-electron chi connectivity index (χ3n) is 4.16. The van der Waals surface area contributed by atoms with Gasteiger partial charge in [-0.15, -0.1) is 0 Å². The van der Waals surface area contributed by atoms with Crippen LogP contribution >= 0.6 is 0 Å². The molecule has 0 bridgehead atoms. The molecule has 0 amide bonds. The third-order valence-corrected chi connectivity index (χ3v) is 4.16. The Morgan fingerprint density at radius 2 is 1.91 bits per heavy atom. The summed E-state index contributed by atoms with van der Waals surface area (Å²) in [6.07, 6.45) is 7.49. The summed E-state index contributed by atoms with van der Waals surface area (Å²) in [6.45, 7) is 5.03. The van der Waals surface area contributed by atoms with E-state index in [2.05, 4.69) is 33.1 Å². The molecular formula is C16H23N5O2. The number of methoxy groups -OCH3 is 1. The minimum Gasteiger partial charge on any atom is -0.494 e. The lowest BCUT2D eigenvalue weighted by Gasteiger charge is -2.31. The number of aryl methyl sites for hydroxylation is 2. The van der Waals surface area contributed by atoms with E-state index >= 15 is 0 Å². The molecule has 1 fully saturated rings. The molecule has 1 aliphatic rings. The minimum absolute atomic E-state index is 0.176. The maximum atomic E-state index is 5.86. The maximum Gasteiger partial charge on any atom is 0.316 e. The number of aromatic nitrogens is 4. The van der Waals surface area contributed by atoms with Gasteiger partial charge in [-0.3, -0.25) is 9.58 Å². The van der Waals surface area contributed by atoms with Crippen LogP contribution in [0.4, 0.5) is 0 Å². The average Bonchev–Trinajstić information content (AvgIpc) is 2.87. The van der Waals surface area contributed by atoms with Gasteiger partial charge in [-0.05, 0) is 19.8 Å². The number of nitrogens with zero attached hydrogens (tertiary/aromatic N) is 5. The molecule has 0 unspecified atom stereocenters. The van der Waals surface area contributed by atoms with Crippen LogP contribution in [-0.4, -0.2) is 51.0 Å². The van der Waals surface area contributed by atoms with Crippen molar-refractivity contribution in [3.8, 4) is 11.8 Å². The first-order valence-electron chi connectivity index (χ1n) is 7.88. The van der Waals surface area contributed by atoms with Crippen molar-refractivity contribution in [2.45, 2.75) is 32.4 Å². The fourth-order valence-electron chi connectivity index (χ4n) is 2.85.